The van der Waals surface area contributed by atoms with Gasteiger partial charge in [-0.3, -0.25) is 4.79 Å². The van der Waals surface area contributed by atoms with Crippen molar-refractivity contribution >= 4 is 39.5 Å². The van der Waals surface area contributed by atoms with Crippen LogP contribution in [0.4, 0.5) is 17.3 Å². The molecule has 2 N–H and O–H groups in total. The van der Waals surface area contributed by atoms with Gasteiger partial charge in [-0.25, -0.2) is 0 Å². The molecule has 1 aromatic carbocycles. The van der Waals surface area contributed by atoms with E-state index in [0.717, 1.165) is 5.56 Å². The van der Waals surface area contributed by atoms with E-state index in [9.17, 15) is 14.9 Å². The van der Waals surface area contributed by atoms with Gasteiger partial charge in [0.25, 0.3) is 4.96 Å². The van der Waals surface area contributed by atoms with Gasteiger partial charge in [-0.2, -0.15) is 9.38 Å². The highest BCUT2D eigenvalue weighted by molar-refractivity contribution is 7.15. The number of nitrogens with one attached hydrogen (secondary N) is 2. The Bertz CT molecular complexity index is 931. The van der Waals surface area contributed by atoms with Gasteiger partial charge >= 0.3 is 5.82 Å². The molecule has 3 aromatic rings. The number of hydrogen-bond donors (Lipinski definition) is 2. The minimum atomic E-state index is -0.450. The van der Waals surface area contributed by atoms with Crippen LogP contribution in [0.2, 0.25) is 0 Å². The Kier molecular flexibility index (Phi) is 4.66. The van der Waals surface area contributed by atoms with Crippen molar-refractivity contribution in [1.82, 2.24) is 9.38 Å². The fraction of sp³-hybridized carbons (Fsp3) is 0.250. The summed E-state index contributed by atoms with van der Waals surface area (Å²) in [6, 6.07) is 7.34. The van der Waals surface area contributed by atoms with Gasteiger partial charge in [0.15, 0.2) is 0 Å². The lowest BCUT2D eigenvalue weighted by Crippen LogP contribution is -2.17. The second-order valence-corrected chi connectivity index (χ2v) is 6.67. The molecule has 130 valence electrons. The van der Waals surface area contributed by atoms with Crippen LogP contribution in [-0.4, -0.2) is 20.2 Å². The van der Waals surface area contributed by atoms with Crippen molar-refractivity contribution < 1.29 is 9.72 Å². The Hall–Kier alpha value is -2.94. The number of hydrogen-bond acceptors (Lipinski definition) is 6. The summed E-state index contributed by atoms with van der Waals surface area (Å²) < 4.78 is 1.45. The highest BCUT2D eigenvalue weighted by Crippen LogP contribution is 2.28. The first-order chi connectivity index (χ1) is 12.0. The van der Waals surface area contributed by atoms with Gasteiger partial charge in [-0.15, -0.1) is 0 Å². The number of rotatable bonds is 6. The van der Waals surface area contributed by atoms with Gasteiger partial charge in [0.1, 0.15) is 6.20 Å². The van der Waals surface area contributed by atoms with Crippen LogP contribution in [0.5, 0.6) is 0 Å². The Morgan fingerprint density at radius 1 is 1.44 bits per heavy atom. The van der Waals surface area contributed by atoms with Crippen molar-refractivity contribution in [1.29, 1.82) is 0 Å². The zero-order chi connectivity index (χ0) is 18.0. The molecule has 0 aliphatic rings. The molecule has 0 saturated heterocycles. The molecule has 0 spiro atoms. The Morgan fingerprint density at radius 3 is 2.96 bits per heavy atom. The maximum atomic E-state index is 11.8. The van der Waals surface area contributed by atoms with Gasteiger partial charge in [-0.05, 0) is 22.6 Å². The van der Waals surface area contributed by atoms with Gasteiger partial charge in [0.05, 0.1) is 0 Å². The lowest BCUT2D eigenvalue weighted by molar-refractivity contribution is -0.389. The van der Waals surface area contributed by atoms with Crippen LogP contribution in [0.25, 0.3) is 4.96 Å². The predicted molar refractivity (Wildman–Crippen MR) is 97.0 cm³/mol. The quantitative estimate of drug-likeness (QED) is 0.518. The number of nitrogens with zero attached hydrogens (tertiary/aromatic N) is 3. The molecule has 0 saturated carbocycles. The molecule has 1 amide bonds. The Balaban J connectivity index is 1.76. The third-order valence-electron chi connectivity index (χ3n) is 3.59. The average molecular weight is 359 g/mol. The minimum Gasteiger partial charge on any atom is -0.359 e. The largest absolute Gasteiger partial charge is 0.372 e. The molecule has 9 heteroatoms. The maximum absolute atomic E-state index is 11.8. The number of aromatic nitrogens is 2. The van der Waals surface area contributed by atoms with Crippen LogP contribution >= 0.6 is 11.3 Å². The molecule has 0 bridgehead atoms. The number of imidazole rings is 1. The molecule has 3 rings (SSSR count). The second kappa shape index (κ2) is 6.89. The standard InChI is InChI=1S/C16H17N5O3S/c1-10(2)14(22)18-12-5-3-4-11(8-12)9-17-13-15(21(23)24)20-6-7-25-16(20)19-13/h3-8,10,17H,9H2,1-2H3,(H,18,22). The van der Waals surface area contributed by atoms with Crippen molar-refractivity contribution in [2.45, 2.75) is 20.4 Å². The Labute approximate surface area is 147 Å². The first-order valence-corrected chi connectivity index (χ1v) is 8.57. The van der Waals surface area contributed by atoms with Crippen molar-refractivity contribution in [3.05, 3.63) is 51.5 Å². The van der Waals surface area contributed by atoms with E-state index in [1.54, 1.807) is 17.6 Å². The fourth-order valence-electron chi connectivity index (χ4n) is 2.30. The van der Waals surface area contributed by atoms with Crippen LogP contribution in [0.15, 0.2) is 35.8 Å². The van der Waals surface area contributed by atoms with E-state index in [1.165, 1.54) is 15.7 Å². The van der Waals surface area contributed by atoms with Crippen LogP contribution in [-0.2, 0) is 11.3 Å². The molecule has 0 atom stereocenters. The van der Waals surface area contributed by atoms with Crippen molar-refractivity contribution in [2.24, 2.45) is 5.92 Å². The summed E-state index contributed by atoms with van der Waals surface area (Å²) in [5.41, 5.74) is 1.57. The number of amides is 1. The summed E-state index contributed by atoms with van der Waals surface area (Å²) in [7, 11) is 0. The molecule has 0 aliphatic heterocycles. The number of benzene rings is 1. The minimum absolute atomic E-state index is 0.0601. The van der Waals surface area contributed by atoms with Crippen molar-refractivity contribution in [3.8, 4) is 0 Å². The van der Waals surface area contributed by atoms with Gasteiger partial charge in [0.2, 0.25) is 11.7 Å². The van der Waals surface area contributed by atoms with Gasteiger partial charge < -0.3 is 20.7 Å². The summed E-state index contributed by atoms with van der Waals surface area (Å²) in [5.74, 6) is -0.0213. The van der Waals surface area contributed by atoms with E-state index >= 15 is 0 Å². The zero-order valence-electron chi connectivity index (χ0n) is 13.7. The van der Waals surface area contributed by atoms with Crippen LogP contribution in [0, 0.1) is 16.0 Å². The molecular weight excluding hydrogens is 342 g/mol. The third kappa shape index (κ3) is 3.61. The van der Waals surface area contributed by atoms with E-state index < -0.39 is 4.92 Å². The van der Waals surface area contributed by atoms with Crippen molar-refractivity contribution in [2.75, 3.05) is 10.6 Å². The topological polar surface area (TPSA) is 102 Å². The highest BCUT2D eigenvalue weighted by Gasteiger charge is 2.23. The van der Waals surface area contributed by atoms with Crippen LogP contribution in [0.3, 0.4) is 0 Å². The molecule has 2 aromatic heterocycles. The first kappa shape index (κ1) is 16.9. The number of carbonyl (C=O) groups excluding carboxylic acids is 1. The molecule has 0 unspecified atom stereocenters. The number of nitro groups is 1. The fourth-order valence-corrected chi connectivity index (χ4v) is 3.01. The number of carbonyl (C=O) groups is 1. The van der Waals surface area contributed by atoms with Crippen molar-refractivity contribution in [3.63, 3.8) is 0 Å². The first-order valence-electron chi connectivity index (χ1n) is 7.69. The average Bonchev–Trinajstić information content (AvgIpc) is 3.13. The SMILES string of the molecule is CC(C)C(=O)Nc1cccc(CNc2nc3sccn3c2[N+](=O)[O-])c1. The van der Waals surface area contributed by atoms with E-state index in [1.807, 2.05) is 32.0 Å². The summed E-state index contributed by atoms with van der Waals surface area (Å²) in [5, 5.41) is 18.9. The monoisotopic (exact) mass is 359 g/mol. The number of fused-ring (bicyclic) bond motifs is 1. The van der Waals surface area contributed by atoms with Crippen LogP contribution in [0.1, 0.15) is 19.4 Å². The van der Waals surface area contributed by atoms with E-state index in [2.05, 4.69) is 15.6 Å². The van der Waals surface area contributed by atoms with E-state index in [-0.39, 0.29) is 23.5 Å². The number of anilines is 2. The normalized spacial score (nSPS) is 11.0. The molecule has 8 nitrogen and oxygen atoms in total. The molecule has 0 fully saturated rings. The molecular formula is C16H17N5O3S. The molecule has 25 heavy (non-hydrogen) atoms. The van der Waals surface area contributed by atoms with E-state index in [4.69, 9.17) is 0 Å². The zero-order valence-corrected chi connectivity index (χ0v) is 14.5. The summed E-state index contributed by atoms with van der Waals surface area (Å²) in [6.45, 7) is 4.01. The third-order valence-corrected chi connectivity index (χ3v) is 4.35. The lowest BCUT2D eigenvalue weighted by atomic mass is 10.1. The molecule has 0 aliphatic carbocycles. The maximum Gasteiger partial charge on any atom is 0.372 e. The van der Waals surface area contributed by atoms with E-state index in [0.29, 0.717) is 17.2 Å². The summed E-state index contributed by atoms with van der Waals surface area (Å²) in [4.78, 5) is 27.5. The second-order valence-electron chi connectivity index (χ2n) is 5.79. The number of thiazole rings is 1. The molecule has 0 radical (unpaired) electrons. The van der Waals surface area contributed by atoms with Gasteiger partial charge in [-0.1, -0.05) is 37.3 Å². The summed E-state index contributed by atoms with van der Waals surface area (Å²) >= 11 is 1.33. The smallest absolute Gasteiger partial charge is 0.359 e. The highest BCUT2D eigenvalue weighted by atomic mass is 32.1. The predicted octanol–water partition coefficient (Wildman–Crippen LogP) is 3.51. The Morgan fingerprint density at radius 2 is 2.24 bits per heavy atom. The van der Waals surface area contributed by atoms with Crippen LogP contribution < -0.4 is 10.6 Å². The lowest BCUT2D eigenvalue weighted by Gasteiger charge is -2.09. The molecule has 2 heterocycles. The van der Waals surface area contributed by atoms with Gasteiger partial charge in [0, 0.05) is 23.5 Å². The summed E-state index contributed by atoms with van der Waals surface area (Å²) in [6.07, 6.45) is 1.62.